The molecule has 0 aliphatic carbocycles. The smallest absolute Gasteiger partial charge is 0.259 e. The molecule has 27 heavy (non-hydrogen) atoms. The summed E-state index contributed by atoms with van der Waals surface area (Å²) in [5, 5.41) is 4.02. The van der Waals surface area contributed by atoms with E-state index >= 15 is 0 Å². The molecular weight excluding hydrogens is 345 g/mol. The van der Waals surface area contributed by atoms with E-state index in [-0.39, 0.29) is 5.82 Å². The fraction of sp³-hybridized carbons (Fsp3) is 0.350. The van der Waals surface area contributed by atoms with E-state index in [0.717, 1.165) is 36.6 Å². The number of halogens is 1. The lowest BCUT2D eigenvalue weighted by atomic mass is 10.1. The molecular formula is C20H22FN5O. The van der Waals surface area contributed by atoms with Crippen LogP contribution in [0.15, 0.2) is 47.1 Å². The van der Waals surface area contributed by atoms with Crippen molar-refractivity contribution in [1.82, 2.24) is 20.0 Å². The number of rotatable bonds is 4. The largest absolute Gasteiger partial charge is 0.354 e. The van der Waals surface area contributed by atoms with Crippen molar-refractivity contribution in [3.63, 3.8) is 0 Å². The summed E-state index contributed by atoms with van der Waals surface area (Å²) in [4.78, 5) is 13.7. The Labute approximate surface area is 157 Å². The van der Waals surface area contributed by atoms with E-state index < -0.39 is 0 Å². The van der Waals surface area contributed by atoms with Crippen molar-refractivity contribution in [2.45, 2.75) is 19.4 Å². The van der Waals surface area contributed by atoms with Crippen LogP contribution in [0.5, 0.6) is 0 Å². The SMILES string of the molecule is C[C@H]1CN(c2ccc(-c3nc(Cc4ccc(F)cc4)no3)cn2)CCN1C. The lowest BCUT2D eigenvalue weighted by Crippen LogP contribution is -2.50. The highest BCUT2D eigenvalue weighted by atomic mass is 19.1. The van der Waals surface area contributed by atoms with Gasteiger partial charge in [-0.15, -0.1) is 0 Å². The van der Waals surface area contributed by atoms with E-state index in [4.69, 9.17) is 4.52 Å². The zero-order valence-corrected chi connectivity index (χ0v) is 15.5. The number of piperazine rings is 1. The summed E-state index contributed by atoms with van der Waals surface area (Å²) in [5.41, 5.74) is 1.72. The van der Waals surface area contributed by atoms with Gasteiger partial charge in [0.25, 0.3) is 5.89 Å². The monoisotopic (exact) mass is 367 g/mol. The first-order valence-electron chi connectivity index (χ1n) is 9.07. The van der Waals surface area contributed by atoms with Crippen LogP contribution in [-0.2, 0) is 6.42 Å². The standard InChI is InChI=1S/C20H22FN5O/c1-14-13-26(10-9-25(14)2)19-8-5-16(12-22-19)20-23-18(24-27-20)11-15-3-6-17(21)7-4-15/h3-8,12,14H,9-11,13H2,1-2H3/t14-/m0/s1. The molecule has 7 heteroatoms. The third-order valence-corrected chi connectivity index (χ3v) is 5.02. The molecule has 1 atom stereocenters. The maximum atomic E-state index is 13.0. The number of anilines is 1. The fourth-order valence-electron chi connectivity index (χ4n) is 3.18. The van der Waals surface area contributed by atoms with E-state index in [1.165, 1.54) is 12.1 Å². The average Bonchev–Trinajstić information content (AvgIpc) is 3.14. The molecule has 0 bridgehead atoms. The predicted octanol–water partition coefficient (Wildman–Crippen LogP) is 3.00. The highest BCUT2D eigenvalue weighted by molar-refractivity contribution is 5.55. The Balaban J connectivity index is 1.45. The lowest BCUT2D eigenvalue weighted by Gasteiger charge is -2.38. The number of pyridine rings is 1. The molecule has 0 spiro atoms. The molecule has 1 saturated heterocycles. The molecule has 0 saturated carbocycles. The van der Waals surface area contributed by atoms with Gasteiger partial charge < -0.3 is 14.3 Å². The molecule has 6 nitrogen and oxygen atoms in total. The second-order valence-corrected chi connectivity index (χ2v) is 7.00. The topological polar surface area (TPSA) is 58.3 Å². The summed E-state index contributed by atoms with van der Waals surface area (Å²) in [7, 11) is 2.15. The van der Waals surface area contributed by atoms with Crippen molar-refractivity contribution in [2.75, 3.05) is 31.6 Å². The van der Waals surface area contributed by atoms with Crippen LogP contribution in [0.4, 0.5) is 10.2 Å². The Hall–Kier alpha value is -2.80. The van der Waals surface area contributed by atoms with Crippen molar-refractivity contribution < 1.29 is 8.91 Å². The van der Waals surface area contributed by atoms with Crippen LogP contribution >= 0.6 is 0 Å². The number of aromatic nitrogens is 3. The Kier molecular flexibility index (Phi) is 4.85. The van der Waals surface area contributed by atoms with Crippen LogP contribution in [0.2, 0.25) is 0 Å². The summed E-state index contributed by atoms with van der Waals surface area (Å²) in [6.07, 6.45) is 2.27. The average molecular weight is 367 g/mol. The first-order valence-corrected chi connectivity index (χ1v) is 9.07. The molecule has 140 valence electrons. The number of nitrogens with zero attached hydrogens (tertiary/aromatic N) is 5. The van der Waals surface area contributed by atoms with Crippen molar-refractivity contribution in [2.24, 2.45) is 0 Å². The Bertz CT molecular complexity index is 893. The van der Waals surface area contributed by atoms with E-state index in [1.54, 1.807) is 18.3 Å². The minimum absolute atomic E-state index is 0.256. The Morgan fingerprint density at radius 2 is 1.96 bits per heavy atom. The van der Waals surface area contributed by atoms with Crippen molar-refractivity contribution in [1.29, 1.82) is 0 Å². The summed E-state index contributed by atoms with van der Waals surface area (Å²) < 4.78 is 18.4. The maximum absolute atomic E-state index is 13.0. The number of benzene rings is 1. The van der Waals surface area contributed by atoms with Crippen LogP contribution in [0.25, 0.3) is 11.5 Å². The van der Waals surface area contributed by atoms with Gasteiger partial charge in [0.05, 0.1) is 5.56 Å². The van der Waals surface area contributed by atoms with Crippen molar-refractivity contribution in [3.05, 3.63) is 59.8 Å². The summed E-state index contributed by atoms with van der Waals surface area (Å²) in [6.45, 7) is 5.18. The fourth-order valence-corrected chi connectivity index (χ4v) is 3.18. The van der Waals surface area contributed by atoms with Gasteiger partial charge in [0.2, 0.25) is 0 Å². The zero-order chi connectivity index (χ0) is 18.8. The number of likely N-dealkylation sites (N-methyl/N-ethyl adjacent to an activating group) is 1. The minimum atomic E-state index is -0.256. The molecule has 1 aromatic carbocycles. The Morgan fingerprint density at radius 3 is 2.67 bits per heavy atom. The van der Waals surface area contributed by atoms with E-state index in [9.17, 15) is 4.39 Å². The van der Waals surface area contributed by atoms with Gasteiger partial charge in [-0.1, -0.05) is 17.3 Å². The molecule has 1 aliphatic rings. The second-order valence-electron chi connectivity index (χ2n) is 7.00. The first kappa shape index (κ1) is 17.6. The summed E-state index contributed by atoms with van der Waals surface area (Å²) in [5.74, 6) is 1.71. The molecule has 0 N–H and O–H groups in total. The van der Waals surface area contributed by atoms with Crippen LogP contribution in [0.1, 0.15) is 18.3 Å². The van der Waals surface area contributed by atoms with Crippen LogP contribution < -0.4 is 4.90 Å². The minimum Gasteiger partial charge on any atom is -0.354 e. The first-order chi connectivity index (χ1) is 13.1. The van der Waals surface area contributed by atoms with Gasteiger partial charge in [-0.2, -0.15) is 4.98 Å². The molecule has 0 amide bonds. The summed E-state index contributed by atoms with van der Waals surface area (Å²) >= 11 is 0. The second kappa shape index (κ2) is 7.44. The zero-order valence-electron chi connectivity index (χ0n) is 15.5. The quantitative estimate of drug-likeness (QED) is 0.707. The highest BCUT2D eigenvalue weighted by Crippen LogP contribution is 2.22. The lowest BCUT2D eigenvalue weighted by molar-refractivity contribution is 0.233. The van der Waals surface area contributed by atoms with Gasteiger partial charge in [-0.25, -0.2) is 9.37 Å². The summed E-state index contributed by atoms with van der Waals surface area (Å²) in [6, 6.07) is 10.8. The van der Waals surface area contributed by atoms with E-state index in [1.807, 2.05) is 12.1 Å². The molecule has 4 rings (SSSR count). The van der Waals surface area contributed by atoms with E-state index in [2.05, 4.69) is 38.9 Å². The molecule has 1 fully saturated rings. The maximum Gasteiger partial charge on any atom is 0.259 e. The third kappa shape index (κ3) is 3.98. The highest BCUT2D eigenvalue weighted by Gasteiger charge is 2.21. The number of hydrogen-bond acceptors (Lipinski definition) is 6. The molecule has 0 unspecified atom stereocenters. The third-order valence-electron chi connectivity index (χ3n) is 5.02. The molecule has 2 aromatic heterocycles. The van der Waals surface area contributed by atoms with Gasteiger partial charge in [-0.05, 0) is 43.8 Å². The molecule has 1 aliphatic heterocycles. The van der Waals surface area contributed by atoms with Crippen LogP contribution in [0.3, 0.4) is 0 Å². The van der Waals surface area contributed by atoms with E-state index in [0.29, 0.717) is 24.2 Å². The van der Waals surface area contributed by atoms with Crippen molar-refractivity contribution in [3.8, 4) is 11.5 Å². The van der Waals surface area contributed by atoms with Gasteiger partial charge in [-0.3, -0.25) is 0 Å². The van der Waals surface area contributed by atoms with Crippen LogP contribution in [0, 0.1) is 5.82 Å². The van der Waals surface area contributed by atoms with Gasteiger partial charge in [0.15, 0.2) is 5.82 Å². The van der Waals surface area contributed by atoms with Gasteiger partial charge >= 0.3 is 0 Å². The molecule has 3 heterocycles. The normalized spacial score (nSPS) is 18.0. The van der Waals surface area contributed by atoms with Gasteiger partial charge in [0.1, 0.15) is 11.6 Å². The predicted molar refractivity (Wildman–Crippen MR) is 101 cm³/mol. The van der Waals surface area contributed by atoms with Crippen molar-refractivity contribution >= 4 is 5.82 Å². The molecule has 3 aromatic rings. The Morgan fingerprint density at radius 1 is 1.15 bits per heavy atom. The van der Waals surface area contributed by atoms with Gasteiger partial charge in [0, 0.05) is 38.3 Å². The van der Waals surface area contributed by atoms with Crippen LogP contribution in [-0.4, -0.2) is 52.7 Å². The number of hydrogen-bond donors (Lipinski definition) is 0. The molecule has 0 radical (unpaired) electrons.